The summed E-state index contributed by atoms with van der Waals surface area (Å²) in [6.07, 6.45) is 13.7. The van der Waals surface area contributed by atoms with E-state index in [-0.39, 0.29) is 36.0 Å². The molecule has 0 saturated heterocycles. The van der Waals surface area contributed by atoms with Gasteiger partial charge in [-0.3, -0.25) is 19.2 Å². The number of hydrogen-bond acceptors (Lipinski definition) is 4. The Morgan fingerprint density at radius 2 is 0.929 bits per heavy atom. The van der Waals surface area contributed by atoms with Gasteiger partial charge in [0.05, 0.1) is 11.8 Å². The molecule has 28 heavy (non-hydrogen) atoms. The van der Waals surface area contributed by atoms with E-state index < -0.39 is 11.8 Å². The van der Waals surface area contributed by atoms with Crippen molar-refractivity contribution in [3.63, 3.8) is 0 Å². The molecule has 0 spiro atoms. The van der Waals surface area contributed by atoms with Crippen LogP contribution in [-0.2, 0) is 19.2 Å². The van der Waals surface area contributed by atoms with E-state index >= 15 is 0 Å². The zero-order valence-corrected chi connectivity index (χ0v) is 18.1. The van der Waals surface area contributed by atoms with Crippen molar-refractivity contribution in [3.05, 3.63) is 0 Å². The average Bonchev–Trinajstić information content (AvgIpc) is 2.68. The summed E-state index contributed by atoms with van der Waals surface area (Å²) in [4.78, 5) is 49.5. The molecule has 1 rings (SSSR count). The number of rotatable bonds is 16. The van der Waals surface area contributed by atoms with Crippen LogP contribution in [0.15, 0.2) is 0 Å². The van der Waals surface area contributed by atoms with Gasteiger partial charge < -0.3 is 0 Å². The van der Waals surface area contributed by atoms with E-state index in [0.29, 0.717) is 12.8 Å². The summed E-state index contributed by atoms with van der Waals surface area (Å²) in [5.74, 6) is -2.18. The van der Waals surface area contributed by atoms with Crippen LogP contribution >= 0.6 is 0 Å². The van der Waals surface area contributed by atoms with Gasteiger partial charge >= 0.3 is 0 Å². The number of hydrogen-bond donors (Lipinski definition) is 0. The van der Waals surface area contributed by atoms with E-state index in [1.54, 1.807) is 0 Å². The fraction of sp³-hybridized carbons (Fsp3) is 0.833. The standard InChI is InChI=1S/C24H40O4/c1-3-5-7-9-11-13-15-21(25)19-17-24(28)20(18-23(19)27)22(26)16-14-12-10-8-6-4-2/h19-20H,3-18H2,1-2H3. The first-order chi connectivity index (χ1) is 13.5. The van der Waals surface area contributed by atoms with Crippen LogP contribution in [0, 0.1) is 11.8 Å². The lowest BCUT2D eigenvalue weighted by Crippen LogP contribution is -2.40. The minimum atomic E-state index is -0.791. The molecular weight excluding hydrogens is 352 g/mol. The summed E-state index contributed by atoms with van der Waals surface area (Å²) >= 11 is 0. The number of Topliss-reactive ketones (excluding diaryl/α,β-unsaturated/α-hetero) is 4. The normalized spacial score (nSPS) is 19.8. The highest BCUT2D eigenvalue weighted by molar-refractivity contribution is 6.15. The van der Waals surface area contributed by atoms with Gasteiger partial charge in [0.25, 0.3) is 0 Å². The molecule has 0 aromatic rings. The van der Waals surface area contributed by atoms with E-state index in [9.17, 15) is 19.2 Å². The molecule has 0 aliphatic heterocycles. The molecule has 160 valence electrons. The minimum absolute atomic E-state index is 0.0552. The van der Waals surface area contributed by atoms with Crippen LogP contribution in [0.25, 0.3) is 0 Å². The van der Waals surface area contributed by atoms with Crippen LogP contribution in [0.2, 0.25) is 0 Å². The van der Waals surface area contributed by atoms with Gasteiger partial charge in [-0.25, -0.2) is 0 Å². The van der Waals surface area contributed by atoms with Gasteiger partial charge in [0, 0.05) is 25.7 Å². The molecule has 0 aromatic heterocycles. The second kappa shape index (κ2) is 14.6. The fourth-order valence-electron chi connectivity index (χ4n) is 4.01. The Morgan fingerprint density at radius 3 is 1.29 bits per heavy atom. The fourth-order valence-corrected chi connectivity index (χ4v) is 4.01. The van der Waals surface area contributed by atoms with Gasteiger partial charge in [0.1, 0.15) is 23.1 Å². The topological polar surface area (TPSA) is 68.3 Å². The second-order valence-electron chi connectivity index (χ2n) is 8.41. The summed E-state index contributed by atoms with van der Waals surface area (Å²) < 4.78 is 0. The molecule has 2 unspecified atom stereocenters. The van der Waals surface area contributed by atoms with Crippen LogP contribution in [0.5, 0.6) is 0 Å². The monoisotopic (exact) mass is 392 g/mol. The molecule has 0 radical (unpaired) electrons. The summed E-state index contributed by atoms with van der Waals surface area (Å²) in [5, 5.41) is 0. The van der Waals surface area contributed by atoms with Gasteiger partial charge in [-0.1, -0.05) is 78.1 Å². The maximum absolute atomic E-state index is 12.4. The van der Waals surface area contributed by atoms with Crippen molar-refractivity contribution in [2.24, 2.45) is 11.8 Å². The summed E-state index contributed by atoms with van der Waals surface area (Å²) in [7, 11) is 0. The predicted octanol–water partition coefficient (Wildman–Crippen LogP) is 5.79. The van der Waals surface area contributed by atoms with Crippen molar-refractivity contribution in [1.29, 1.82) is 0 Å². The molecule has 0 aromatic carbocycles. The maximum atomic E-state index is 12.4. The second-order valence-corrected chi connectivity index (χ2v) is 8.41. The highest BCUT2D eigenvalue weighted by Crippen LogP contribution is 2.27. The molecule has 0 amide bonds. The lowest BCUT2D eigenvalue weighted by Gasteiger charge is -2.24. The molecule has 0 bridgehead atoms. The Balaban J connectivity index is 2.32. The van der Waals surface area contributed by atoms with Crippen LogP contribution in [0.3, 0.4) is 0 Å². The van der Waals surface area contributed by atoms with Crippen molar-refractivity contribution in [3.8, 4) is 0 Å². The van der Waals surface area contributed by atoms with Crippen molar-refractivity contribution in [2.75, 3.05) is 0 Å². The Hall–Kier alpha value is -1.32. The molecule has 1 saturated carbocycles. The average molecular weight is 393 g/mol. The molecule has 1 fully saturated rings. The third-order valence-corrected chi connectivity index (χ3v) is 5.92. The summed E-state index contributed by atoms with van der Waals surface area (Å²) in [6, 6.07) is 0. The smallest absolute Gasteiger partial charge is 0.144 e. The zero-order valence-electron chi connectivity index (χ0n) is 18.1. The summed E-state index contributed by atoms with van der Waals surface area (Å²) in [5.41, 5.74) is 0. The predicted molar refractivity (Wildman–Crippen MR) is 112 cm³/mol. The SMILES string of the molecule is CCCCCCCCC(=O)C1CC(=O)C(C(=O)CCCCCCCC)CC1=O. The summed E-state index contributed by atoms with van der Waals surface area (Å²) in [6.45, 7) is 4.33. The molecule has 1 aliphatic rings. The zero-order chi connectivity index (χ0) is 20.8. The van der Waals surface area contributed by atoms with Gasteiger partial charge in [-0.2, -0.15) is 0 Å². The van der Waals surface area contributed by atoms with Gasteiger partial charge in [-0.05, 0) is 12.8 Å². The van der Waals surface area contributed by atoms with Crippen molar-refractivity contribution in [1.82, 2.24) is 0 Å². The third kappa shape index (κ3) is 9.25. The molecule has 2 atom stereocenters. The van der Waals surface area contributed by atoms with Crippen molar-refractivity contribution in [2.45, 2.75) is 117 Å². The molecule has 0 N–H and O–H groups in total. The number of carbonyl (C=O) groups is 4. The van der Waals surface area contributed by atoms with Crippen LogP contribution < -0.4 is 0 Å². The number of carbonyl (C=O) groups excluding carboxylic acids is 4. The minimum Gasteiger partial charge on any atom is -0.299 e. The molecular formula is C24H40O4. The van der Waals surface area contributed by atoms with E-state index in [0.717, 1.165) is 38.5 Å². The first-order valence-electron chi connectivity index (χ1n) is 11.6. The van der Waals surface area contributed by atoms with Crippen LogP contribution in [0.1, 0.15) is 117 Å². The number of unbranched alkanes of at least 4 members (excludes halogenated alkanes) is 10. The van der Waals surface area contributed by atoms with Crippen molar-refractivity contribution >= 4 is 23.1 Å². The maximum Gasteiger partial charge on any atom is 0.144 e. The highest BCUT2D eigenvalue weighted by Gasteiger charge is 2.40. The molecule has 4 heteroatoms. The van der Waals surface area contributed by atoms with E-state index in [4.69, 9.17) is 0 Å². The Kier molecular flexibility index (Phi) is 12.9. The van der Waals surface area contributed by atoms with Crippen LogP contribution in [0.4, 0.5) is 0 Å². The number of ketones is 4. The van der Waals surface area contributed by atoms with Gasteiger partial charge in [0.2, 0.25) is 0 Å². The van der Waals surface area contributed by atoms with Gasteiger partial charge in [-0.15, -0.1) is 0 Å². The first-order valence-corrected chi connectivity index (χ1v) is 11.6. The Bertz CT molecular complexity index is 463. The molecule has 0 heterocycles. The van der Waals surface area contributed by atoms with Crippen LogP contribution in [-0.4, -0.2) is 23.1 Å². The quantitative estimate of drug-likeness (QED) is 0.246. The first kappa shape index (κ1) is 24.7. The van der Waals surface area contributed by atoms with E-state index in [1.807, 2.05) is 0 Å². The van der Waals surface area contributed by atoms with E-state index in [1.165, 1.54) is 38.5 Å². The Labute approximate surface area is 171 Å². The molecule has 4 nitrogen and oxygen atoms in total. The van der Waals surface area contributed by atoms with Crippen molar-refractivity contribution < 1.29 is 19.2 Å². The lowest BCUT2D eigenvalue weighted by atomic mass is 9.75. The Morgan fingerprint density at radius 1 is 0.607 bits per heavy atom. The highest BCUT2D eigenvalue weighted by atomic mass is 16.2. The third-order valence-electron chi connectivity index (χ3n) is 5.92. The lowest BCUT2D eigenvalue weighted by molar-refractivity contribution is -0.146. The molecule has 1 aliphatic carbocycles. The largest absolute Gasteiger partial charge is 0.299 e. The van der Waals surface area contributed by atoms with E-state index in [2.05, 4.69) is 13.8 Å². The van der Waals surface area contributed by atoms with Gasteiger partial charge in [0.15, 0.2) is 0 Å².